The largest absolute Gasteiger partial charge is 0.457 e. The molecule has 0 bridgehead atoms. The minimum absolute atomic E-state index is 0.193. The molecule has 0 N–H and O–H groups in total. The van der Waals surface area contributed by atoms with Crippen molar-refractivity contribution >= 4 is 37.6 Å². The molecule has 1 heterocycles. The highest BCUT2D eigenvalue weighted by molar-refractivity contribution is 9.10. The summed E-state index contributed by atoms with van der Waals surface area (Å²) in [4.78, 5) is 12.2. The Bertz CT molecular complexity index is 878. The number of sulfonamides is 1. The molecule has 7 heteroatoms. The van der Waals surface area contributed by atoms with Gasteiger partial charge in [0, 0.05) is 11.0 Å². The van der Waals surface area contributed by atoms with Gasteiger partial charge in [-0.15, -0.1) is 0 Å². The van der Waals surface area contributed by atoms with Gasteiger partial charge in [-0.3, -0.25) is 4.31 Å². The number of rotatable bonds is 4. The summed E-state index contributed by atoms with van der Waals surface area (Å²) >= 11 is 3.35. The summed E-state index contributed by atoms with van der Waals surface area (Å²) in [6.07, 6.45) is 1.78. The van der Waals surface area contributed by atoms with Crippen molar-refractivity contribution in [1.29, 1.82) is 0 Å². The van der Waals surface area contributed by atoms with E-state index in [1.54, 1.807) is 18.2 Å². The first-order chi connectivity index (χ1) is 11.3. The first-order valence-electron chi connectivity index (χ1n) is 7.37. The van der Waals surface area contributed by atoms with Gasteiger partial charge in [0.25, 0.3) is 0 Å². The van der Waals surface area contributed by atoms with Crippen LogP contribution in [0.5, 0.6) is 0 Å². The number of fused-ring (bicyclic) bond motifs is 1. The molecular weight excluding hydrogens is 394 g/mol. The summed E-state index contributed by atoms with van der Waals surface area (Å²) in [5.41, 5.74) is 2.82. The molecule has 1 aliphatic rings. The molecule has 1 aliphatic heterocycles. The Labute approximate surface area is 149 Å². The summed E-state index contributed by atoms with van der Waals surface area (Å²) in [6.45, 7) is 0.601. The van der Waals surface area contributed by atoms with E-state index in [2.05, 4.69) is 15.9 Å². The number of halogens is 1. The van der Waals surface area contributed by atoms with Crippen LogP contribution < -0.4 is 4.31 Å². The Hall–Kier alpha value is -1.86. The SMILES string of the molecule is CS(=O)(=O)N1CCc2cc(C(=O)OCc3ccc(Br)cc3)ccc21. The molecule has 5 nitrogen and oxygen atoms in total. The van der Waals surface area contributed by atoms with Gasteiger partial charge in [0.2, 0.25) is 10.0 Å². The lowest BCUT2D eigenvalue weighted by atomic mass is 10.1. The average molecular weight is 410 g/mol. The van der Waals surface area contributed by atoms with Crippen LogP contribution in [-0.4, -0.2) is 27.2 Å². The summed E-state index contributed by atoms with van der Waals surface area (Å²) in [5.74, 6) is -0.418. The van der Waals surface area contributed by atoms with Crippen molar-refractivity contribution in [2.24, 2.45) is 0 Å². The monoisotopic (exact) mass is 409 g/mol. The Morgan fingerprint density at radius 2 is 1.92 bits per heavy atom. The molecule has 0 unspecified atom stereocenters. The lowest BCUT2D eigenvalue weighted by molar-refractivity contribution is 0.0472. The summed E-state index contributed by atoms with van der Waals surface area (Å²) in [6, 6.07) is 12.5. The zero-order valence-electron chi connectivity index (χ0n) is 13.0. The fourth-order valence-electron chi connectivity index (χ4n) is 2.66. The maximum Gasteiger partial charge on any atom is 0.338 e. The van der Waals surface area contributed by atoms with E-state index >= 15 is 0 Å². The van der Waals surface area contributed by atoms with E-state index in [9.17, 15) is 13.2 Å². The zero-order chi connectivity index (χ0) is 17.3. The fourth-order valence-corrected chi connectivity index (χ4v) is 3.88. The van der Waals surface area contributed by atoms with Crippen molar-refractivity contribution in [2.45, 2.75) is 13.0 Å². The van der Waals surface area contributed by atoms with Crippen LogP contribution in [0.4, 0.5) is 5.69 Å². The highest BCUT2D eigenvalue weighted by Gasteiger charge is 2.26. The average Bonchev–Trinajstić information content (AvgIpc) is 2.97. The highest BCUT2D eigenvalue weighted by Crippen LogP contribution is 2.30. The van der Waals surface area contributed by atoms with Gasteiger partial charge < -0.3 is 4.74 Å². The van der Waals surface area contributed by atoms with E-state index in [4.69, 9.17) is 4.74 Å². The molecule has 0 amide bonds. The van der Waals surface area contributed by atoms with Gasteiger partial charge >= 0.3 is 5.97 Å². The molecule has 126 valence electrons. The molecule has 3 rings (SSSR count). The smallest absolute Gasteiger partial charge is 0.338 e. The van der Waals surface area contributed by atoms with Crippen molar-refractivity contribution in [2.75, 3.05) is 17.1 Å². The van der Waals surface area contributed by atoms with Crippen LogP contribution in [0.1, 0.15) is 21.5 Å². The van der Waals surface area contributed by atoms with E-state index < -0.39 is 16.0 Å². The second-order valence-corrected chi connectivity index (χ2v) is 8.45. The van der Waals surface area contributed by atoms with E-state index in [1.807, 2.05) is 24.3 Å². The minimum Gasteiger partial charge on any atom is -0.457 e. The Kier molecular flexibility index (Phi) is 4.64. The number of carbonyl (C=O) groups excluding carboxylic acids is 1. The van der Waals surface area contributed by atoms with Crippen molar-refractivity contribution in [3.8, 4) is 0 Å². The number of hydrogen-bond donors (Lipinski definition) is 0. The molecule has 0 atom stereocenters. The Balaban J connectivity index is 1.72. The molecule has 0 spiro atoms. The van der Waals surface area contributed by atoms with Crippen LogP contribution in [0.2, 0.25) is 0 Å². The first-order valence-corrected chi connectivity index (χ1v) is 10.0. The third-order valence-electron chi connectivity index (χ3n) is 3.85. The number of hydrogen-bond acceptors (Lipinski definition) is 4. The predicted octanol–water partition coefficient (Wildman–Crippen LogP) is 3.13. The third-order valence-corrected chi connectivity index (χ3v) is 5.56. The van der Waals surface area contributed by atoms with Crippen molar-refractivity contribution in [3.63, 3.8) is 0 Å². The summed E-state index contributed by atoms with van der Waals surface area (Å²) in [5, 5.41) is 0. The van der Waals surface area contributed by atoms with E-state index in [-0.39, 0.29) is 6.61 Å². The van der Waals surface area contributed by atoms with Crippen LogP contribution in [0.3, 0.4) is 0 Å². The quantitative estimate of drug-likeness (QED) is 0.727. The Morgan fingerprint density at radius 3 is 2.58 bits per heavy atom. The third kappa shape index (κ3) is 3.62. The number of ether oxygens (including phenoxy) is 1. The number of nitrogens with zero attached hydrogens (tertiary/aromatic N) is 1. The zero-order valence-corrected chi connectivity index (χ0v) is 15.4. The maximum absolute atomic E-state index is 12.2. The standard InChI is InChI=1S/C17H16BrNO4S/c1-24(21,22)19-9-8-13-10-14(4-7-16(13)19)17(20)23-11-12-2-5-15(18)6-3-12/h2-7,10H,8-9,11H2,1H3. The fraction of sp³-hybridized carbons (Fsp3) is 0.235. The van der Waals surface area contributed by atoms with Gasteiger partial charge in [-0.2, -0.15) is 0 Å². The minimum atomic E-state index is -3.29. The van der Waals surface area contributed by atoms with Crippen molar-refractivity contribution < 1.29 is 17.9 Å². The molecular formula is C17H16BrNO4S. The van der Waals surface area contributed by atoms with Gasteiger partial charge in [-0.25, -0.2) is 13.2 Å². The van der Waals surface area contributed by atoms with Gasteiger partial charge in [-0.05, 0) is 47.9 Å². The second-order valence-electron chi connectivity index (χ2n) is 5.63. The van der Waals surface area contributed by atoms with Crippen molar-refractivity contribution in [3.05, 3.63) is 63.6 Å². The van der Waals surface area contributed by atoms with Crippen LogP contribution in [-0.2, 0) is 27.8 Å². The topological polar surface area (TPSA) is 63.7 Å². The summed E-state index contributed by atoms with van der Waals surface area (Å²) in [7, 11) is -3.29. The number of benzene rings is 2. The number of carbonyl (C=O) groups is 1. The van der Waals surface area contributed by atoms with Crippen molar-refractivity contribution in [1.82, 2.24) is 0 Å². The molecule has 0 radical (unpaired) electrons. The van der Waals surface area contributed by atoms with E-state index in [0.29, 0.717) is 24.2 Å². The summed E-state index contributed by atoms with van der Waals surface area (Å²) < 4.78 is 31.1. The molecule has 0 saturated heterocycles. The van der Waals surface area contributed by atoms with Gasteiger partial charge in [0.05, 0.1) is 17.5 Å². The second kappa shape index (κ2) is 6.57. The maximum atomic E-state index is 12.2. The normalized spacial score (nSPS) is 13.7. The lowest BCUT2D eigenvalue weighted by Gasteiger charge is -2.16. The van der Waals surface area contributed by atoms with Crippen LogP contribution >= 0.6 is 15.9 Å². The van der Waals surface area contributed by atoms with Crippen LogP contribution in [0.25, 0.3) is 0 Å². The molecule has 0 saturated carbocycles. The Morgan fingerprint density at radius 1 is 1.21 bits per heavy atom. The molecule has 24 heavy (non-hydrogen) atoms. The molecule has 2 aromatic rings. The lowest BCUT2D eigenvalue weighted by Crippen LogP contribution is -2.27. The van der Waals surface area contributed by atoms with Crippen LogP contribution in [0, 0.1) is 0 Å². The highest BCUT2D eigenvalue weighted by atomic mass is 79.9. The van der Waals surface area contributed by atoms with E-state index in [1.165, 1.54) is 10.6 Å². The van der Waals surface area contributed by atoms with E-state index in [0.717, 1.165) is 15.6 Å². The number of esters is 1. The number of anilines is 1. The first kappa shape index (κ1) is 17.0. The molecule has 0 aromatic heterocycles. The van der Waals surface area contributed by atoms with Gasteiger partial charge in [0.1, 0.15) is 6.61 Å². The van der Waals surface area contributed by atoms with Gasteiger partial charge in [-0.1, -0.05) is 28.1 Å². The molecule has 2 aromatic carbocycles. The van der Waals surface area contributed by atoms with Crippen LogP contribution in [0.15, 0.2) is 46.9 Å². The predicted molar refractivity (Wildman–Crippen MR) is 95.6 cm³/mol. The molecule has 0 aliphatic carbocycles. The molecule has 0 fully saturated rings. The van der Waals surface area contributed by atoms with Gasteiger partial charge in [0.15, 0.2) is 0 Å².